The van der Waals surface area contributed by atoms with Crippen LogP contribution in [0.15, 0.2) is 24.3 Å². The maximum Gasteiger partial charge on any atom is 0.224 e. The van der Waals surface area contributed by atoms with Crippen LogP contribution in [0.4, 0.5) is 0 Å². The predicted molar refractivity (Wildman–Crippen MR) is 85.6 cm³/mol. The van der Waals surface area contributed by atoms with Crippen molar-refractivity contribution in [3.63, 3.8) is 0 Å². The number of amides is 1. The summed E-state index contributed by atoms with van der Waals surface area (Å²) in [6.45, 7) is 6.09. The lowest BCUT2D eigenvalue weighted by molar-refractivity contribution is -0.124. The minimum Gasteiger partial charge on any atom is -0.491 e. The summed E-state index contributed by atoms with van der Waals surface area (Å²) in [7, 11) is 0. The van der Waals surface area contributed by atoms with Crippen LogP contribution in [-0.4, -0.2) is 30.2 Å². The summed E-state index contributed by atoms with van der Waals surface area (Å²) in [5.41, 5.74) is 6.13. The van der Waals surface area contributed by atoms with Crippen molar-refractivity contribution in [3.05, 3.63) is 29.8 Å². The van der Waals surface area contributed by atoms with E-state index < -0.39 is 6.10 Å². The van der Waals surface area contributed by atoms with Crippen LogP contribution in [0.3, 0.4) is 0 Å². The molecule has 0 saturated heterocycles. The van der Waals surface area contributed by atoms with Crippen molar-refractivity contribution in [3.8, 4) is 5.75 Å². The standard InChI is InChI=1S/C15H24N2O3.ClH/c1-10(2)20-13-6-4-5-12(7-13)14(18)9-17-15(19)11(3)8-16;/h4-7,10-11,14,18H,8-9,16H2,1-3H3,(H,17,19);1H. The Morgan fingerprint density at radius 1 is 1.38 bits per heavy atom. The van der Waals surface area contributed by atoms with E-state index in [4.69, 9.17) is 10.5 Å². The number of benzene rings is 1. The number of rotatable bonds is 7. The number of hydrogen-bond acceptors (Lipinski definition) is 4. The molecule has 1 rings (SSSR count). The molecule has 2 atom stereocenters. The van der Waals surface area contributed by atoms with Crippen LogP contribution in [0, 0.1) is 5.92 Å². The molecule has 0 radical (unpaired) electrons. The first-order chi connectivity index (χ1) is 9.43. The maximum absolute atomic E-state index is 11.6. The summed E-state index contributed by atoms with van der Waals surface area (Å²) in [5, 5.41) is 12.8. The van der Waals surface area contributed by atoms with Gasteiger partial charge in [-0.05, 0) is 31.5 Å². The molecule has 6 heteroatoms. The highest BCUT2D eigenvalue weighted by molar-refractivity contribution is 5.85. The van der Waals surface area contributed by atoms with Crippen LogP contribution >= 0.6 is 12.4 Å². The van der Waals surface area contributed by atoms with E-state index in [1.165, 1.54) is 0 Å². The zero-order chi connectivity index (χ0) is 15.1. The quantitative estimate of drug-likeness (QED) is 0.714. The molecular weight excluding hydrogens is 292 g/mol. The van der Waals surface area contributed by atoms with Gasteiger partial charge < -0.3 is 20.9 Å². The fourth-order valence-corrected chi connectivity index (χ4v) is 1.66. The first kappa shape index (κ1) is 19.7. The lowest BCUT2D eigenvalue weighted by Gasteiger charge is -2.16. The van der Waals surface area contributed by atoms with Gasteiger partial charge in [-0.1, -0.05) is 19.1 Å². The molecule has 0 bridgehead atoms. The number of carbonyl (C=O) groups is 1. The summed E-state index contributed by atoms with van der Waals surface area (Å²) in [6.07, 6.45) is -0.688. The highest BCUT2D eigenvalue weighted by Gasteiger charge is 2.14. The van der Waals surface area contributed by atoms with Gasteiger partial charge in [-0.25, -0.2) is 0 Å². The molecule has 0 fully saturated rings. The molecule has 1 aromatic carbocycles. The van der Waals surface area contributed by atoms with Crippen molar-refractivity contribution >= 4 is 18.3 Å². The largest absolute Gasteiger partial charge is 0.491 e. The Kier molecular flexibility index (Phi) is 9.01. The lowest BCUT2D eigenvalue weighted by Crippen LogP contribution is -2.35. The fraction of sp³-hybridized carbons (Fsp3) is 0.533. The van der Waals surface area contributed by atoms with E-state index in [1.54, 1.807) is 19.1 Å². The molecule has 0 saturated carbocycles. The molecule has 0 aliphatic carbocycles. The third-order valence-corrected chi connectivity index (χ3v) is 2.89. The molecule has 0 heterocycles. The summed E-state index contributed by atoms with van der Waals surface area (Å²) < 4.78 is 5.57. The summed E-state index contributed by atoms with van der Waals surface area (Å²) >= 11 is 0. The van der Waals surface area contributed by atoms with Gasteiger partial charge in [0.2, 0.25) is 5.91 Å². The van der Waals surface area contributed by atoms with E-state index in [0.29, 0.717) is 17.9 Å². The predicted octanol–water partition coefficient (Wildman–Crippen LogP) is 1.64. The number of halogens is 1. The van der Waals surface area contributed by atoms with Crippen LogP contribution in [0.1, 0.15) is 32.4 Å². The van der Waals surface area contributed by atoms with Crippen LogP contribution in [-0.2, 0) is 4.79 Å². The van der Waals surface area contributed by atoms with Gasteiger partial charge >= 0.3 is 0 Å². The SMILES string of the molecule is CC(C)Oc1cccc(C(O)CNC(=O)C(C)CN)c1.Cl. The molecule has 2 unspecified atom stereocenters. The van der Waals surface area contributed by atoms with Gasteiger partial charge in [-0.15, -0.1) is 12.4 Å². The fourth-order valence-electron chi connectivity index (χ4n) is 1.66. The van der Waals surface area contributed by atoms with Crippen molar-refractivity contribution in [2.24, 2.45) is 11.7 Å². The van der Waals surface area contributed by atoms with Gasteiger partial charge in [0.05, 0.1) is 12.2 Å². The van der Waals surface area contributed by atoms with Crippen LogP contribution in [0.25, 0.3) is 0 Å². The van der Waals surface area contributed by atoms with Crippen molar-refractivity contribution < 1.29 is 14.6 Å². The van der Waals surface area contributed by atoms with Gasteiger partial charge in [0.15, 0.2) is 0 Å². The summed E-state index contributed by atoms with van der Waals surface area (Å²) in [4.78, 5) is 11.6. The van der Waals surface area contributed by atoms with Crippen molar-refractivity contribution in [1.82, 2.24) is 5.32 Å². The van der Waals surface area contributed by atoms with Crippen molar-refractivity contribution in [2.75, 3.05) is 13.1 Å². The van der Waals surface area contributed by atoms with E-state index in [0.717, 1.165) is 0 Å². The third kappa shape index (κ3) is 6.80. The first-order valence-electron chi connectivity index (χ1n) is 6.86. The van der Waals surface area contributed by atoms with Crippen molar-refractivity contribution in [2.45, 2.75) is 33.0 Å². The van der Waals surface area contributed by atoms with E-state index in [9.17, 15) is 9.90 Å². The molecule has 0 aliphatic heterocycles. The Hall–Kier alpha value is -1.30. The molecule has 120 valence electrons. The zero-order valence-corrected chi connectivity index (χ0v) is 13.5. The normalized spacial score (nSPS) is 13.2. The molecule has 0 aliphatic rings. The molecule has 5 nitrogen and oxygen atoms in total. The molecule has 0 aromatic heterocycles. The average Bonchev–Trinajstić information content (AvgIpc) is 2.43. The maximum atomic E-state index is 11.6. The Morgan fingerprint density at radius 2 is 2.05 bits per heavy atom. The third-order valence-electron chi connectivity index (χ3n) is 2.89. The highest BCUT2D eigenvalue weighted by Crippen LogP contribution is 2.19. The highest BCUT2D eigenvalue weighted by atomic mass is 35.5. The number of nitrogens with one attached hydrogen (secondary N) is 1. The van der Waals surface area contributed by atoms with Crippen LogP contribution in [0.2, 0.25) is 0 Å². The van der Waals surface area contributed by atoms with Crippen molar-refractivity contribution in [1.29, 1.82) is 0 Å². The van der Waals surface area contributed by atoms with E-state index in [1.807, 2.05) is 26.0 Å². The smallest absolute Gasteiger partial charge is 0.224 e. The molecule has 1 amide bonds. The summed E-state index contributed by atoms with van der Waals surface area (Å²) in [6, 6.07) is 7.24. The Bertz CT molecular complexity index is 441. The minimum absolute atomic E-state index is 0. The average molecular weight is 317 g/mol. The minimum atomic E-state index is -0.764. The number of aliphatic hydroxyl groups excluding tert-OH is 1. The molecule has 1 aromatic rings. The molecule has 21 heavy (non-hydrogen) atoms. The van der Waals surface area contributed by atoms with Gasteiger partial charge in [0.1, 0.15) is 5.75 Å². The number of ether oxygens (including phenoxy) is 1. The van der Waals surface area contributed by atoms with Gasteiger partial charge in [0.25, 0.3) is 0 Å². The van der Waals surface area contributed by atoms with E-state index in [-0.39, 0.29) is 36.9 Å². The second-order valence-electron chi connectivity index (χ2n) is 5.14. The first-order valence-corrected chi connectivity index (χ1v) is 6.86. The molecule has 0 spiro atoms. The topological polar surface area (TPSA) is 84.6 Å². The Morgan fingerprint density at radius 3 is 2.62 bits per heavy atom. The number of aliphatic hydroxyl groups is 1. The van der Waals surface area contributed by atoms with E-state index in [2.05, 4.69) is 5.32 Å². The Balaban J connectivity index is 0.00000400. The molecular formula is C15H25ClN2O3. The lowest BCUT2D eigenvalue weighted by atomic mass is 10.1. The number of hydrogen-bond donors (Lipinski definition) is 3. The molecule has 4 N–H and O–H groups in total. The second kappa shape index (κ2) is 9.60. The van der Waals surface area contributed by atoms with E-state index >= 15 is 0 Å². The summed E-state index contributed by atoms with van der Waals surface area (Å²) in [5.74, 6) is 0.303. The monoisotopic (exact) mass is 316 g/mol. The number of carbonyl (C=O) groups excluding carboxylic acids is 1. The van der Waals surface area contributed by atoms with Gasteiger partial charge in [-0.3, -0.25) is 4.79 Å². The number of nitrogens with two attached hydrogens (primary N) is 1. The van der Waals surface area contributed by atoms with Gasteiger partial charge in [-0.2, -0.15) is 0 Å². The Labute approximate surface area is 132 Å². The second-order valence-corrected chi connectivity index (χ2v) is 5.14. The van der Waals surface area contributed by atoms with Crippen LogP contribution in [0.5, 0.6) is 5.75 Å². The van der Waals surface area contributed by atoms with Crippen LogP contribution < -0.4 is 15.8 Å². The van der Waals surface area contributed by atoms with Gasteiger partial charge in [0, 0.05) is 19.0 Å². The zero-order valence-electron chi connectivity index (χ0n) is 12.7.